The van der Waals surface area contributed by atoms with Crippen LogP contribution in [0.25, 0.3) is 0 Å². The zero-order valence-electron chi connectivity index (χ0n) is 12.5. The van der Waals surface area contributed by atoms with Gasteiger partial charge in [0.25, 0.3) is 0 Å². The summed E-state index contributed by atoms with van der Waals surface area (Å²) >= 11 is 5.96. The summed E-state index contributed by atoms with van der Waals surface area (Å²) in [4.78, 5) is 4.78. The first kappa shape index (κ1) is 16.1. The van der Waals surface area contributed by atoms with Crippen molar-refractivity contribution >= 4 is 17.3 Å². The molecule has 0 fully saturated rings. The van der Waals surface area contributed by atoms with Crippen LogP contribution in [-0.2, 0) is 0 Å². The van der Waals surface area contributed by atoms with Gasteiger partial charge < -0.3 is 9.80 Å². The van der Waals surface area contributed by atoms with Crippen molar-refractivity contribution in [3.63, 3.8) is 0 Å². The number of allylic oxidation sites excluding steroid dienone is 2. The van der Waals surface area contributed by atoms with Gasteiger partial charge in [-0.1, -0.05) is 31.5 Å². The van der Waals surface area contributed by atoms with E-state index in [1.807, 2.05) is 12.1 Å². The van der Waals surface area contributed by atoms with Gasteiger partial charge in [-0.3, -0.25) is 0 Å². The molecular formula is C16H25ClN2. The van der Waals surface area contributed by atoms with E-state index in [0.29, 0.717) is 0 Å². The Balaban J connectivity index is 2.81. The van der Waals surface area contributed by atoms with Crippen molar-refractivity contribution in [2.45, 2.75) is 27.7 Å². The molecule has 0 aromatic heterocycles. The molecule has 0 heterocycles. The van der Waals surface area contributed by atoms with Gasteiger partial charge in [-0.2, -0.15) is 0 Å². The Bertz CT molecular complexity index is 394. The van der Waals surface area contributed by atoms with Crippen LogP contribution in [0.15, 0.2) is 36.0 Å². The lowest BCUT2D eigenvalue weighted by Crippen LogP contribution is -2.34. The summed E-state index contributed by atoms with van der Waals surface area (Å²) in [6, 6.07) is 8.06. The van der Waals surface area contributed by atoms with Crippen LogP contribution < -0.4 is 4.90 Å². The number of rotatable bonds is 7. The Labute approximate surface area is 122 Å². The summed E-state index contributed by atoms with van der Waals surface area (Å²) in [5.41, 5.74) is 2.47. The lowest BCUT2D eigenvalue weighted by atomic mass is 10.2. The van der Waals surface area contributed by atoms with E-state index in [2.05, 4.69) is 55.7 Å². The first-order valence-corrected chi connectivity index (χ1v) is 7.38. The third kappa shape index (κ3) is 4.88. The van der Waals surface area contributed by atoms with Crippen LogP contribution in [-0.4, -0.2) is 31.1 Å². The van der Waals surface area contributed by atoms with Gasteiger partial charge in [0, 0.05) is 29.5 Å². The third-order valence-electron chi connectivity index (χ3n) is 3.52. The first-order valence-electron chi connectivity index (χ1n) is 7.00. The van der Waals surface area contributed by atoms with Crippen LogP contribution in [0.3, 0.4) is 0 Å². The van der Waals surface area contributed by atoms with Gasteiger partial charge in [0.05, 0.1) is 0 Å². The largest absolute Gasteiger partial charge is 0.344 e. The van der Waals surface area contributed by atoms with Crippen molar-refractivity contribution in [2.75, 3.05) is 31.1 Å². The molecule has 19 heavy (non-hydrogen) atoms. The van der Waals surface area contributed by atoms with Crippen molar-refractivity contribution in [3.05, 3.63) is 41.1 Å². The third-order valence-corrected chi connectivity index (χ3v) is 3.77. The van der Waals surface area contributed by atoms with E-state index in [9.17, 15) is 0 Å². The molecule has 0 amide bonds. The lowest BCUT2D eigenvalue weighted by Gasteiger charge is -2.28. The SMILES string of the molecule is CC=C(C)N(CCN(CC)CC)c1ccc(Cl)cc1. The van der Waals surface area contributed by atoms with E-state index in [0.717, 1.165) is 31.2 Å². The van der Waals surface area contributed by atoms with E-state index < -0.39 is 0 Å². The highest BCUT2D eigenvalue weighted by molar-refractivity contribution is 6.30. The number of hydrogen-bond acceptors (Lipinski definition) is 2. The smallest absolute Gasteiger partial charge is 0.0409 e. The van der Waals surface area contributed by atoms with Crippen LogP contribution in [0, 0.1) is 0 Å². The zero-order chi connectivity index (χ0) is 14.3. The molecule has 0 saturated heterocycles. The minimum Gasteiger partial charge on any atom is -0.344 e. The van der Waals surface area contributed by atoms with Gasteiger partial charge in [0.1, 0.15) is 0 Å². The Morgan fingerprint density at radius 3 is 2.16 bits per heavy atom. The molecule has 0 aliphatic heterocycles. The van der Waals surface area contributed by atoms with Crippen LogP contribution in [0.1, 0.15) is 27.7 Å². The lowest BCUT2D eigenvalue weighted by molar-refractivity contribution is 0.311. The van der Waals surface area contributed by atoms with E-state index in [1.165, 1.54) is 11.4 Å². The van der Waals surface area contributed by atoms with Gasteiger partial charge in [-0.05, 0) is 51.2 Å². The average molecular weight is 281 g/mol. The molecule has 1 aromatic carbocycles. The fourth-order valence-electron chi connectivity index (χ4n) is 2.07. The van der Waals surface area contributed by atoms with Crippen LogP contribution >= 0.6 is 11.6 Å². The quantitative estimate of drug-likeness (QED) is 0.730. The molecule has 0 N–H and O–H groups in total. The summed E-state index contributed by atoms with van der Waals surface area (Å²) in [5, 5.41) is 0.783. The fraction of sp³-hybridized carbons (Fsp3) is 0.500. The topological polar surface area (TPSA) is 6.48 Å². The van der Waals surface area contributed by atoms with Crippen molar-refractivity contribution in [1.29, 1.82) is 0 Å². The number of benzene rings is 1. The molecule has 0 aliphatic rings. The van der Waals surface area contributed by atoms with Crippen LogP contribution in [0.2, 0.25) is 5.02 Å². The summed E-state index contributed by atoms with van der Waals surface area (Å²) in [5.74, 6) is 0. The molecule has 3 heteroatoms. The fourth-order valence-corrected chi connectivity index (χ4v) is 2.19. The second kappa shape index (κ2) is 8.23. The van der Waals surface area contributed by atoms with E-state index in [1.54, 1.807) is 0 Å². The monoisotopic (exact) mass is 280 g/mol. The number of hydrogen-bond donors (Lipinski definition) is 0. The molecule has 0 atom stereocenters. The van der Waals surface area contributed by atoms with Crippen LogP contribution in [0.5, 0.6) is 0 Å². The van der Waals surface area contributed by atoms with E-state index >= 15 is 0 Å². The van der Waals surface area contributed by atoms with Gasteiger partial charge in [-0.15, -0.1) is 0 Å². The second-order valence-corrected chi connectivity index (χ2v) is 5.02. The second-order valence-electron chi connectivity index (χ2n) is 4.58. The van der Waals surface area contributed by atoms with Crippen molar-refractivity contribution in [2.24, 2.45) is 0 Å². The molecule has 1 rings (SSSR count). The molecule has 0 radical (unpaired) electrons. The zero-order valence-corrected chi connectivity index (χ0v) is 13.2. The number of likely N-dealkylation sites (N-methyl/N-ethyl adjacent to an activating group) is 1. The average Bonchev–Trinajstić information content (AvgIpc) is 2.44. The Morgan fingerprint density at radius 1 is 1.11 bits per heavy atom. The molecule has 0 saturated carbocycles. The molecule has 0 bridgehead atoms. The van der Waals surface area contributed by atoms with Gasteiger partial charge in [0.15, 0.2) is 0 Å². The molecule has 0 unspecified atom stereocenters. The highest BCUT2D eigenvalue weighted by Crippen LogP contribution is 2.21. The number of halogens is 1. The Morgan fingerprint density at radius 2 is 1.68 bits per heavy atom. The Hall–Kier alpha value is -0.990. The van der Waals surface area contributed by atoms with E-state index in [4.69, 9.17) is 11.6 Å². The first-order chi connectivity index (χ1) is 9.12. The maximum atomic E-state index is 5.96. The van der Waals surface area contributed by atoms with Gasteiger partial charge in [0.2, 0.25) is 0 Å². The maximum absolute atomic E-state index is 5.96. The summed E-state index contributed by atoms with van der Waals surface area (Å²) in [6.07, 6.45) is 2.15. The molecular weight excluding hydrogens is 256 g/mol. The predicted octanol–water partition coefficient (Wildman–Crippen LogP) is 4.41. The molecule has 106 valence electrons. The highest BCUT2D eigenvalue weighted by Gasteiger charge is 2.09. The van der Waals surface area contributed by atoms with Gasteiger partial charge in [-0.25, -0.2) is 0 Å². The molecule has 1 aromatic rings. The Kier molecular flexibility index (Phi) is 6.96. The number of nitrogens with zero attached hydrogens (tertiary/aromatic N) is 2. The van der Waals surface area contributed by atoms with Crippen molar-refractivity contribution in [1.82, 2.24) is 4.90 Å². The predicted molar refractivity (Wildman–Crippen MR) is 86.0 cm³/mol. The van der Waals surface area contributed by atoms with Crippen molar-refractivity contribution in [3.8, 4) is 0 Å². The molecule has 0 spiro atoms. The summed E-state index contributed by atoms with van der Waals surface area (Å²) < 4.78 is 0. The summed E-state index contributed by atoms with van der Waals surface area (Å²) in [7, 11) is 0. The summed E-state index contributed by atoms with van der Waals surface area (Å²) in [6.45, 7) is 12.9. The minimum atomic E-state index is 0.783. The van der Waals surface area contributed by atoms with Crippen molar-refractivity contribution < 1.29 is 0 Å². The standard InChI is InChI=1S/C16H25ClN2/c1-5-14(4)19(13-12-18(6-2)7-3)16-10-8-15(17)9-11-16/h5,8-11H,6-7,12-13H2,1-4H3. The van der Waals surface area contributed by atoms with Gasteiger partial charge >= 0.3 is 0 Å². The maximum Gasteiger partial charge on any atom is 0.0409 e. The minimum absolute atomic E-state index is 0.783. The highest BCUT2D eigenvalue weighted by atomic mass is 35.5. The van der Waals surface area contributed by atoms with E-state index in [-0.39, 0.29) is 0 Å². The normalized spacial score (nSPS) is 12.0. The number of anilines is 1. The molecule has 2 nitrogen and oxygen atoms in total. The van der Waals surface area contributed by atoms with Crippen LogP contribution in [0.4, 0.5) is 5.69 Å². The molecule has 0 aliphatic carbocycles.